The molecule has 0 aliphatic heterocycles. The van der Waals surface area contributed by atoms with E-state index in [1.165, 1.54) is 0 Å². The third kappa shape index (κ3) is 7.45. The molecule has 0 unspecified atom stereocenters. The highest BCUT2D eigenvalue weighted by Gasteiger charge is 2.20. The first-order chi connectivity index (χ1) is 11.9. The lowest BCUT2D eigenvalue weighted by atomic mass is 9.99. The number of rotatable bonds is 11. The van der Waals surface area contributed by atoms with Gasteiger partial charge in [0.2, 0.25) is 5.91 Å². The Labute approximate surface area is 155 Å². The van der Waals surface area contributed by atoms with Gasteiger partial charge in [-0.1, -0.05) is 44.4 Å². The molecule has 6 heteroatoms. The Bertz CT molecular complexity index is 578. The van der Waals surface area contributed by atoms with Crippen molar-refractivity contribution in [3.05, 3.63) is 28.8 Å². The third-order valence-electron chi connectivity index (χ3n) is 4.55. The molecule has 1 aromatic rings. The number of anilines is 1. The molecule has 25 heavy (non-hydrogen) atoms. The number of halogens is 1. The zero-order valence-corrected chi connectivity index (χ0v) is 16.1. The maximum Gasteiger partial charge on any atom is 0.230 e. The molecule has 5 nitrogen and oxygen atoms in total. The van der Waals surface area contributed by atoms with Crippen LogP contribution in [0.5, 0.6) is 0 Å². The summed E-state index contributed by atoms with van der Waals surface area (Å²) in [5.41, 5.74) is 1.36. The van der Waals surface area contributed by atoms with Crippen molar-refractivity contribution in [1.82, 2.24) is 0 Å². The molecule has 0 aliphatic rings. The molecule has 0 spiro atoms. The Morgan fingerprint density at radius 3 is 2.64 bits per heavy atom. The fourth-order valence-corrected chi connectivity index (χ4v) is 2.92. The van der Waals surface area contributed by atoms with Gasteiger partial charge >= 0.3 is 0 Å². The average Bonchev–Trinajstić information content (AvgIpc) is 2.57. The largest absolute Gasteiger partial charge is 0.544 e. The Balaban J connectivity index is 2.60. The minimum Gasteiger partial charge on any atom is -0.544 e. The Morgan fingerprint density at radius 1 is 1.32 bits per heavy atom. The summed E-state index contributed by atoms with van der Waals surface area (Å²) in [5.74, 6) is -1.10. The molecular weight excluding hydrogens is 340 g/mol. The van der Waals surface area contributed by atoms with Gasteiger partial charge in [0.1, 0.15) is 6.04 Å². The summed E-state index contributed by atoms with van der Waals surface area (Å²) >= 11 is 6.03. The van der Waals surface area contributed by atoms with Gasteiger partial charge < -0.3 is 20.5 Å². The topological polar surface area (TPSA) is 85.8 Å². The van der Waals surface area contributed by atoms with Gasteiger partial charge in [-0.05, 0) is 37.5 Å². The minimum absolute atomic E-state index is 0.126. The second kappa shape index (κ2) is 11.1. The molecule has 0 saturated heterocycles. The number of aliphatic carboxylic acids is 1. The lowest BCUT2D eigenvalue weighted by Crippen LogP contribution is -2.94. The van der Waals surface area contributed by atoms with E-state index < -0.39 is 12.0 Å². The number of amides is 1. The summed E-state index contributed by atoms with van der Waals surface area (Å²) in [4.78, 5) is 23.6. The molecule has 0 saturated carbocycles. The highest BCUT2D eigenvalue weighted by molar-refractivity contribution is 6.31. The summed E-state index contributed by atoms with van der Waals surface area (Å²) < 4.78 is 0. The zero-order valence-electron chi connectivity index (χ0n) is 15.3. The number of benzene rings is 1. The molecule has 0 bridgehead atoms. The molecule has 0 radical (unpaired) electrons. The van der Waals surface area contributed by atoms with E-state index in [9.17, 15) is 14.7 Å². The summed E-state index contributed by atoms with van der Waals surface area (Å²) in [5, 5.41) is 16.4. The van der Waals surface area contributed by atoms with Crippen LogP contribution in [0, 0.1) is 12.8 Å². The van der Waals surface area contributed by atoms with Crippen molar-refractivity contribution in [3.8, 4) is 0 Å². The summed E-state index contributed by atoms with van der Waals surface area (Å²) in [6.45, 7) is 6.75. The first-order valence-electron chi connectivity index (χ1n) is 8.98. The number of carbonyl (C=O) groups excluding carboxylic acids is 2. The van der Waals surface area contributed by atoms with Crippen molar-refractivity contribution in [2.24, 2.45) is 5.92 Å². The van der Waals surface area contributed by atoms with Crippen molar-refractivity contribution in [2.45, 2.75) is 58.9 Å². The number of unbranched alkanes of at least 4 members (excludes halogenated alkanes) is 1. The number of carboxylic acids is 1. The average molecular weight is 369 g/mol. The second-order valence-corrected chi connectivity index (χ2v) is 6.89. The fourth-order valence-electron chi connectivity index (χ4n) is 2.74. The standard InChI is InChI=1S/C19H29ClN2O3/c1-4-6-8-14(5-2)12-21-17(19(24)25)11-18(23)22-16-10-7-9-15(20)13(16)3/h7,9-10,14,17,21H,4-6,8,11-12H2,1-3H3,(H,22,23)(H,24,25)/t14-,17-/m0/s1. The maximum absolute atomic E-state index is 12.2. The molecule has 0 fully saturated rings. The molecule has 1 aromatic carbocycles. The van der Waals surface area contributed by atoms with Gasteiger partial charge in [-0.15, -0.1) is 0 Å². The number of nitrogens with two attached hydrogens (primary N) is 1. The lowest BCUT2D eigenvalue weighted by molar-refractivity contribution is -0.687. The van der Waals surface area contributed by atoms with Crippen molar-refractivity contribution >= 4 is 29.2 Å². The van der Waals surface area contributed by atoms with E-state index in [0.717, 1.165) is 31.2 Å². The molecule has 3 N–H and O–H groups in total. The van der Waals surface area contributed by atoms with E-state index >= 15 is 0 Å². The van der Waals surface area contributed by atoms with Crippen molar-refractivity contribution < 1.29 is 20.0 Å². The number of hydrogen-bond donors (Lipinski definition) is 2. The Hall–Kier alpha value is -1.59. The molecule has 0 heterocycles. The van der Waals surface area contributed by atoms with Gasteiger partial charge in [0.15, 0.2) is 0 Å². The quantitative estimate of drug-likeness (QED) is 0.625. The van der Waals surface area contributed by atoms with E-state index in [-0.39, 0.29) is 12.3 Å². The highest BCUT2D eigenvalue weighted by atomic mass is 35.5. The van der Waals surface area contributed by atoms with Crippen molar-refractivity contribution in [2.75, 3.05) is 11.9 Å². The first-order valence-corrected chi connectivity index (χ1v) is 9.35. The van der Waals surface area contributed by atoms with Crippen molar-refractivity contribution in [1.29, 1.82) is 0 Å². The molecule has 2 atom stereocenters. The van der Waals surface area contributed by atoms with Crippen LogP contribution in [-0.4, -0.2) is 24.5 Å². The number of carbonyl (C=O) groups is 2. The van der Waals surface area contributed by atoms with E-state index in [1.807, 2.05) is 0 Å². The normalized spacial score (nSPS) is 13.3. The summed E-state index contributed by atoms with van der Waals surface area (Å²) in [7, 11) is 0. The Morgan fingerprint density at radius 2 is 2.04 bits per heavy atom. The molecule has 1 amide bonds. The lowest BCUT2D eigenvalue weighted by Gasteiger charge is -2.20. The predicted molar refractivity (Wildman–Crippen MR) is 98.3 cm³/mol. The van der Waals surface area contributed by atoms with Crippen LogP contribution in [-0.2, 0) is 9.59 Å². The number of carboxylic acid groups (broad SMARTS) is 1. The minimum atomic E-state index is -1.21. The van der Waals surface area contributed by atoms with Crippen LogP contribution in [0.4, 0.5) is 5.69 Å². The number of quaternary nitrogens is 1. The van der Waals surface area contributed by atoms with Gasteiger partial charge in [0.25, 0.3) is 0 Å². The molecule has 140 valence electrons. The molecule has 1 rings (SSSR count). The van der Waals surface area contributed by atoms with Crippen LogP contribution >= 0.6 is 11.6 Å². The van der Waals surface area contributed by atoms with E-state index in [1.54, 1.807) is 30.4 Å². The maximum atomic E-state index is 12.2. The predicted octanol–water partition coefficient (Wildman–Crippen LogP) is 1.88. The van der Waals surface area contributed by atoms with Gasteiger partial charge in [-0.25, -0.2) is 0 Å². The van der Waals surface area contributed by atoms with Crippen LogP contribution in [0.2, 0.25) is 5.02 Å². The van der Waals surface area contributed by atoms with Gasteiger partial charge in [0, 0.05) is 16.6 Å². The summed E-state index contributed by atoms with van der Waals surface area (Å²) in [6, 6.07) is 4.35. The highest BCUT2D eigenvalue weighted by Crippen LogP contribution is 2.23. The molecule has 0 aliphatic carbocycles. The number of nitrogens with one attached hydrogen (secondary N) is 1. The smallest absolute Gasteiger partial charge is 0.230 e. The first kappa shape index (κ1) is 21.5. The van der Waals surface area contributed by atoms with E-state index in [2.05, 4.69) is 19.2 Å². The Kier molecular flexibility index (Phi) is 9.53. The van der Waals surface area contributed by atoms with Crippen LogP contribution in [0.25, 0.3) is 0 Å². The SMILES string of the molecule is CCCC[C@H](CC)C[NH2+][C@@H](CC(=O)Nc1cccc(Cl)c1C)C(=O)[O-]. The molecular formula is C19H29ClN2O3. The number of hydrogen-bond acceptors (Lipinski definition) is 3. The van der Waals surface area contributed by atoms with Crippen LogP contribution in [0.15, 0.2) is 18.2 Å². The van der Waals surface area contributed by atoms with Crippen molar-refractivity contribution in [3.63, 3.8) is 0 Å². The van der Waals surface area contributed by atoms with Gasteiger partial charge in [-0.2, -0.15) is 0 Å². The third-order valence-corrected chi connectivity index (χ3v) is 4.96. The van der Waals surface area contributed by atoms with Gasteiger partial charge in [-0.3, -0.25) is 4.79 Å². The zero-order chi connectivity index (χ0) is 18.8. The monoisotopic (exact) mass is 368 g/mol. The van der Waals surface area contributed by atoms with E-state index in [4.69, 9.17) is 11.6 Å². The van der Waals surface area contributed by atoms with E-state index in [0.29, 0.717) is 23.2 Å². The van der Waals surface area contributed by atoms with Crippen LogP contribution < -0.4 is 15.7 Å². The van der Waals surface area contributed by atoms with Crippen LogP contribution in [0.1, 0.15) is 51.5 Å². The summed E-state index contributed by atoms with van der Waals surface area (Å²) in [6.07, 6.45) is 4.22. The molecule has 0 aromatic heterocycles. The second-order valence-electron chi connectivity index (χ2n) is 6.48. The fraction of sp³-hybridized carbons (Fsp3) is 0.579. The van der Waals surface area contributed by atoms with Gasteiger partial charge in [0.05, 0.1) is 18.9 Å². The van der Waals surface area contributed by atoms with Crippen LogP contribution in [0.3, 0.4) is 0 Å².